The smallest absolute Gasteiger partial charge is 0.0594 e. The van der Waals surface area contributed by atoms with Gasteiger partial charge in [-0.3, -0.25) is 0 Å². The van der Waals surface area contributed by atoms with Crippen molar-refractivity contribution in [3.63, 3.8) is 0 Å². The van der Waals surface area contributed by atoms with Crippen LogP contribution in [-0.4, -0.2) is 44.3 Å². The Morgan fingerprint density at radius 1 is 1.43 bits per heavy atom. The molecule has 0 radical (unpaired) electrons. The number of nitrogens with two attached hydrogens (primary N) is 1. The molecule has 0 aromatic rings. The molecule has 0 bridgehead atoms. The fourth-order valence-electron chi connectivity index (χ4n) is 2.07. The Bertz CT molecular complexity index is 141. The van der Waals surface area contributed by atoms with Gasteiger partial charge in [0.1, 0.15) is 0 Å². The number of rotatable bonds is 6. The molecule has 1 aliphatic rings. The molecule has 1 heterocycles. The van der Waals surface area contributed by atoms with Crippen molar-refractivity contribution < 1.29 is 4.74 Å². The topological polar surface area (TPSA) is 38.5 Å². The Morgan fingerprint density at radius 2 is 2.29 bits per heavy atom. The minimum atomic E-state index is 0.636. The van der Waals surface area contributed by atoms with Crippen molar-refractivity contribution in [2.45, 2.75) is 26.2 Å². The Balaban J connectivity index is 2.05. The highest BCUT2D eigenvalue weighted by atomic mass is 16.5. The van der Waals surface area contributed by atoms with Gasteiger partial charge in [-0.1, -0.05) is 13.3 Å². The molecule has 3 nitrogen and oxygen atoms in total. The molecule has 1 saturated heterocycles. The van der Waals surface area contributed by atoms with E-state index in [0.29, 0.717) is 13.2 Å². The Hall–Kier alpha value is -0.120. The first kappa shape index (κ1) is 12.0. The molecule has 0 amide bonds. The van der Waals surface area contributed by atoms with Gasteiger partial charge in [0.25, 0.3) is 0 Å². The zero-order valence-corrected chi connectivity index (χ0v) is 9.37. The lowest BCUT2D eigenvalue weighted by Gasteiger charge is -2.32. The number of hydrogen-bond donors (Lipinski definition) is 1. The average Bonchev–Trinajstić information content (AvgIpc) is 2.25. The fourth-order valence-corrected chi connectivity index (χ4v) is 2.07. The standard InChI is InChI=1S/C11H24N2O/c1-2-11-4-3-6-13(10-11)7-9-14-8-5-12/h11H,2-10,12H2,1H3. The number of nitrogens with zero attached hydrogens (tertiary/aromatic N) is 1. The molecule has 0 aliphatic carbocycles. The fraction of sp³-hybridized carbons (Fsp3) is 1.00. The summed E-state index contributed by atoms with van der Waals surface area (Å²) in [6.45, 7) is 8.07. The van der Waals surface area contributed by atoms with Crippen molar-refractivity contribution >= 4 is 0 Å². The lowest BCUT2D eigenvalue weighted by Crippen LogP contribution is -2.37. The first-order valence-electron chi connectivity index (χ1n) is 5.87. The summed E-state index contributed by atoms with van der Waals surface area (Å²) in [6, 6.07) is 0. The molecule has 1 atom stereocenters. The highest BCUT2D eigenvalue weighted by Gasteiger charge is 2.17. The molecule has 0 aromatic heterocycles. The monoisotopic (exact) mass is 200 g/mol. The molecule has 0 spiro atoms. The summed E-state index contributed by atoms with van der Waals surface area (Å²) in [7, 11) is 0. The molecule has 84 valence electrons. The van der Waals surface area contributed by atoms with Gasteiger partial charge in [0.05, 0.1) is 13.2 Å². The van der Waals surface area contributed by atoms with Crippen LogP contribution >= 0.6 is 0 Å². The van der Waals surface area contributed by atoms with Crippen LogP contribution in [0.15, 0.2) is 0 Å². The predicted molar refractivity (Wildman–Crippen MR) is 59.3 cm³/mol. The quantitative estimate of drug-likeness (QED) is 0.652. The van der Waals surface area contributed by atoms with Crippen LogP contribution in [0.3, 0.4) is 0 Å². The van der Waals surface area contributed by atoms with Gasteiger partial charge in [-0.25, -0.2) is 0 Å². The van der Waals surface area contributed by atoms with Crippen LogP contribution in [0, 0.1) is 5.92 Å². The van der Waals surface area contributed by atoms with E-state index in [0.717, 1.165) is 19.1 Å². The summed E-state index contributed by atoms with van der Waals surface area (Å²) in [5, 5.41) is 0. The lowest BCUT2D eigenvalue weighted by molar-refractivity contribution is 0.0882. The SMILES string of the molecule is CCC1CCCN(CCOCCN)C1. The Kier molecular flexibility index (Phi) is 6.15. The van der Waals surface area contributed by atoms with Crippen LogP contribution in [0.5, 0.6) is 0 Å². The summed E-state index contributed by atoms with van der Waals surface area (Å²) >= 11 is 0. The van der Waals surface area contributed by atoms with Gasteiger partial charge in [-0.15, -0.1) is 0 Å². The number of ether oxygens (including phenoxy) is 1. The normalized spacial score (nSPS) is 24.0. The Labute approximate surface area is 87.6 Å². The van der Waals surface area contributed by atoms with Crippen molar-refractivity contribution in [2.24, 2.45) is 11.7 Å². The van der Waals surface area contributed by atoms with Crippen molar-refractivity contribution in [2.75, 3.05) is 39.4 Å². The van der Waals surface area contributed by atoms with Crippen molar-refractivity contribution in [1.29, 1.82) is 0 Å². The maximum atomic E-state index is 5.39. The van der Waals surface area contributed by atoms with Gasteiger partial charge in [0.15, 0.2) is 0 Å². The minimum Gasteiger partial charge on any atom is -0.379 e. The third-order valence-corrected chi connectivity index (χ3v) is 2.99. The van der Waals surface area contributed by atoms with Gasteiger partial charge in [-0.2, -0.15) is 0 Å². The first-order chi connectivity index (χ1) is 6.86. The second-order valence-electron chi connectivity index (χ2n) is 4.12. The Morgan fingerprint density at radius 3 is 3.00 bits per heavy atom. The highest BCUT2D eigenvalue weighted by Crippen LogP contribution is 2.18. The van der Waals surface area contributed by atoms with E-state index in [1.54, 1.807) is 0 Å². The second-order valence-corrected chi connectivity index (χ2v) is 4.12. The van der Waals surface area contributed by atoms with Crippen LogP contribution in [0.2, 0.25) is 0 Å². The van der Waals surface area contributed by atoms with Gasteiger partial charge >= 0.3 is 0 Å². The van der Waals surface area contributed by atoms with E-state index in [1.807, 2.05) is 0 Å². The minimum absolute atomic E-state index is 0.636. The van der Waals surface area contributed by atoms with Crippen LogP contribution < -0.4 is 5.73 Å². The molecule has 0 saturated carbocycles. The third-order valence-electron chi connectivity index (χ3n) is 2.99. The molecule has 1 fully saturated rings. The summed E-state index contributed by atoms with van der Waals surface area (Å²) < 4.78 is 5.39. The molecule has 1 unspecified atom stereocenters. The molecule has 0 aromatic carbocycles. The first-order valence-corrected chi connectivity index (χ1v) is 5.87. The predicted octanol–water partition coefficient (Wildman–Crippen LogP) is 1.08. The summed E-state index contributed by atoms with van der Waals surface area (Å²) in [4.78, 5) is 2.52. The third kappa shape index (κ3) is 4.40. The van der Waals surface area contributed by atoms with Crippen molar-refractivity contribution in [1.82, 2.24) is 4.90 Å². The van der Waals surface area contributed by atoms with Crippen LogP contribution in [0.1, 0.15) is 26.2 Å². The molecular formula is C11H24N2O. The van der Waals surface area contributed by atoms with Crippen molar-refractivity contribution in [3.8, 4) is 0 Å². The van der Waals surface area contributed by atoms with Crippen LogP contribution in [0.4, 0.5) is 0 Å². The maximum absolute atomic E-state index is 5.39. The number of hydrogen-bond acceptors (Lipinski definition) is 3. The lowest BCUT2D eigenvalue weighted by atomic mass is 9.96. The zero-order chi connectivity index (χ0) is 10.2. The molecule has 14 heavy (non-hydrogen) atoms. The number of likely N-dealkylation sites (tertiary alicyclic amines) is 1. The second kappa shape index (κ2) is 7.21. The van der Waals surface area contributed by atoms with E-state index in [4.69, 9.17) is 10.5 Å². The van der Waals surface area contributed by atoms with Crippen molar-refractivity contribution in [3.05, 3.63) is 0 Å². The molecule has 2 N–H and O–H groups in total. The van der Waals surface area contributed by atoms with E-state index in [2.05, 4.69) is 11.8 Å². The van der Waals surface area contributed by atoms with Gasteiger partial charge < -0.3 is 15.4 Å². The van der Waals surface area contributed by atoms with Crippen LogP contribution in [-0.2, 0) is 4.74 Å². The molecule has 1 rings (SSSR count). The van der Waals surface area contributed by atoms with E-state index < -0.39 is 0 Å². The van der Waals surface area contributed by atoms with Gasteiger partial charge in [0, 0.05) is 19.6 Å². The highest BCUT2D eigenvalue weighted by molar-refractivity contribution is 4.71. The van der Waals surface area contributed by atoms with Gasteiger partial charge in [0.2, 0.25) is 0 Å². The average molecular weight is 200 g/mol. The van der Waals surface area contributed by atoms with E-state index in [9.17, 15) is 0 Å². The number of piperidine rings is 1. The molecule has 3 heteroatoms. The van der Waals surface area contributed by atoms with E-state index >= 15 is 0 Å². The van der Waals surface area contributed by atoms with Gasteiger partial charge in [-0.05, 0) is 25.3 Å². The molecular weight excluding hydrogens is 176 g/mol. The summed E-state index contributed by atoms with van der Waals surface area (Å²) in [6.07, 6.45) is 4.09. The molecule has 1 aliphatic heterocycles. The van der Waals surface area contributed by atoms with Crippen LogP contribution in [0.25, 0.3) is 0 Å². The summed E-state index contributed by atoms with van der Waals surface area (Å²) in [5.41, 5.74) is 5.35. The van der Waals surface area contributed by atoms with E-state index in [-0.39, 0.29) is 0 Å². The maximum Gasteiger partial charge on any atom is 0.0594 e. The zero-order valence-electron chi connectivity index (χ0n) is 9.37. The van der Waals surface area contributed by atoms with E-state index in [1.165, 1.54) is 32.4 Å². The largest absolute Gasteiger partial charge is 0.379 e. The summed E-state index contributed by atoms with van der Waals surface area (Å²) in [5.74, 6) is 0.915.